The van der Waals surface area contributed by atoms with Gasteiger partial charge in [0.05, 0.1) is 11.4 Å². The van der Waals surface area contributed by atoms with Crippen LogP contribution in [0.25, 0.3) is 23.8 Å². The second-order valence-corrected chi connectivity index (χ2v) is 10.5. The van der Waals surface area contributed by atoms with Gasteiger partial charge in [-0.2, -0.15) is 0 Å². The standard InChI is InChI=1S/C25H33FN4O3S/c1-17(25(31)28(4)5)11-12-23-18(2)24(19(3)30(23)16-21(26)13-14-27)20-9-8-10-22(15-20)34(32,33)29(6)7/h8-13,15H,2,14,16,27H2,1,3-7H3. The summed E-state index contributed by atoms with van der Waals surface area (Å²) in [7, 11) is 2.64. The monoisotopic (exact) mass is 488 g/mol. The Morgan fingerprint density at radius 1 is 1.24 bits per heavy atom. The van der Waals surface area contributed by atoms with Crippen molar-refractivity contribution in [1.82, 2.24) is 13.8 Å². The molecule has 0 aliphatic rings. The number of likely N-dealkylation sites (N-methyl/N-ethyl adjacent to an activating group) is 1. The van der Waals surface area contributed by atoms with E-state index < -0.39 is 15.9 Å². The molecule has 0 bridgehead atoms. The van der Waals surface area contributed by atoms with Crippen molar-refractivity contribution in [2.24, 2.45) is 5.73 Å². The van der Waals surface area contributed by atoms with E-state index in [0.717, 1.165) is 4.31 Å². The molecule has 0 spiro atoms. The van der Waals surface area contributed by atoms with Gasteiger partial charge in [-0.3, -0.25) is 4.79 Å². The molecule has 1 aromatic heterocycles. The summed E-state index contributed by atoms with van der Waals surface area (Å²) < 4.78 is 42.7. The van der Waals surface area contributed by atoms with Crippen LogP contribution in [0.1, 0.15) is 12.6 Å². The molecule has 9 heteroatoms. The van der Waals surface area contributed by atoms with Crippen LogP contribution in [0.15, 0.2) is 52.7 Å². The van der Waals surface area contributed by atoms with Crippen molar-refractivity contribution in [3.05, 3.63) is 64.1 Å². The number of allylic oxidation sites excluding steroid dienone is 2. The average molecular weight is 489 g/mol. The van der Waals surface area contributed by atoms with E-state index in [4.69, 9.17) is 5.73 Å². The molecule has 34 heavy (non-hydrogen) atoms. The minimum atomic E-state index is -3.64. The summed E-state index contributed by atoms with van der Waals surface area (Å²) in [5.74, 6) is -0.552. The van der Waals surface area contributed by atoms with Crippen LogP contribution in [0.3, 0.4) is 0 Å². The van der Waals surface area contributed by atoms with Crippen molar-refractivity contribution in [2.45, 2.75) is 25.3 Å². The van der Waals surface area contributed by atoms with Gasteiger partial charge < -0.3 is 15.2 Å². The zero-order valence-electron chi connectivity index (χ0n) is 20.6. The van der Waals surface area contributed by atoms with E-state index in [1.807, 2.05) is 6.92 Å². The Hall–Kier alpha value is -3.01. The molecule has 7 nitrogen and oxygen atoms in total. The number of halogens is 1. The maximum Gasteiger partial charge on any atom is 0.248 e. The predicted molar refractivity (Wildman–Crippen MR) is 135 cm³/mol. The lowest BCUT2D eigenvalue weighted by molar-refractivity contribution is -0.124. The number of benzene rings is 1. The van der Waals surface area contributed by atoms with Crippen molar-refractivity contribution < 1.29 is 17.6 Å². The SMILES string of the molecule is C=c1c(-c2cccc(S(=O)(=O)N(C)C)c2)c(C)n(CC(F)=CCN)c1=CC=C(C)C(=O)N(C)C. The molecule has 2 rings (SSSR count). The van der Waals surface area contributed by atoms with Crippen LogP contribution in [0.5, 0.6) is 0 Å². The highest BCUT2D eigenvalue weighted by atomic mass is 32.2. The molecule has 0 aliphatic carbocycles. The number of nitrogens with zero attached hydrogens (tertiary/aromatic N) is 3. The Labute approximate surface area is 201 Å². The molecule has 0 unspecified atom stereocenters. The molecule has 1 amide bonds. The van der Waals surface area contributed by atoms with Gasteiger partial charge in [0.25, 0.3) is 0 Å². The third-order valence-corrected chi connectivity index (χ3v) is 7.26. The van der Waals surface area contributed by atoms with Crippen LogP contribution < -0.4 is 16.3 Å². The van der Waals surface area contributed by atoms with Crippen molar-refractivity contribution in [1.29, 1.82) is 0 Å². The molecule has 0 saturated carbocycles. The van der Waals surface area contributed by atoms with Crippen LogP contribution in [-0.4, -0.2) is 62.8 Å². The molecule has 1 heterocycles. The number of amides is 1. The number of aromatic nitrogens is 1. The zero-order valence-corrected chi connectivity index (χ0v) is 21.4. The van der Waals surface area contributed by atoms with Crippen LogP contribution in [0, 0.1) is 6.92 Å². The van der Waals surface area contributed by atoms with Crippen LogP contribution >= 0.6 is 0 Å². The highest BCUT2D eigenvalue weighted by molar-refractivity contribution is 7.89. The Kier molecular flexibility index (Phi) is 8.77. The van der Waals surface area contributed by atoms with E-state index in [1.54, 1.807) is 55.9 Å². The molecule has 184 valence electrons. The molecule has 0 aliphatic heterocycles. The zero-order chi connectivity index (χ0) is 25.8. The Morgan fingerprint density at radius 3 is 2.44 bits per heavy atom. The summed E-state index contributed by atoms with van der Waals surface area (Å²) >= 11 is 0. The largest absolute Gasteiger partial charge is 0.345 e. The molecule has 0 fully saturated rings. The van der Waals surface area contributed by atoms with Crippen molar-refractivity contribution in [3.63, 3.8) is 0 Å². The van der Waals surface area contributed by atoms with E-state index >= 15 is 0 Å². The van der Waals surface area contributed by atoms with Crippen molar-refractivity contribution in [3.8, 4) is 11.1 Å². The number of carbonyl (C=O) groups excluding carboxylic acids is 1. The maximum atomic E-state index is 14.5. The minimum Gasteiger partial charge on any atom is -0.345 e. The smallest absolute Gasteiger partial charge is 0.248 e. The number of hydrogen-bond acceptors (Lipinski definition) is 4. The second-order valence-electron chi connectivity index (χ2n) is 8.33. The molecule has 1 aromatic carbocycles. The molecule has 0 saturated heterocycles. The average Bonchev–Trinajstić information content (AvgIpc) is 3.00. The highest BCUT2D eigenvalue weighted by Gasteiger charge is 2.19. The van der Waals surface area contributed by atoms with E-state index in [0.29, 0.717) is 33.0 Å². The lowest BCUT2D eigenvalue weighted by Gasteiger charge is -2.12. The first-order valence-electron chi connectivity index (χ1n) is 10.7. The molecule has 0 atom stereocenters. The van der Waals surface area contributed by atoms with Gasteiger partial charge in [0, 0.05) is 62.1 Å². The molecule has 2 N–H and O–H groups in total. The Balaban J connectivity index is 2.82. The fourth-order valence-electron chi connectivity index (χ4n) is 3.60. The lowest BCUT2D eigenvalue weighted by atomic mass is 10.0. The summed E-state index contributed by atoms with van der Waals surface area (Å²) in [5.41, 5.74) is 8.03. The minimum absolute atomic E-state index is 0.0655. The van der Waals surface area contributed by atoms with Crippen LogP contribution in [-0.2, 0) is 21.4 Å². The van der Waals surface area contributed by atoms with Gasteiger partial charge in [0.1, 0.15) is 5.83 Å². The number of sulfonamides is 1. The summed E-state index contributed by atoms with van der Waals surface area (Å²) in [6.45, 7) is 7.74. The number of hydrogen-bond donors (Lipinski definition) is 1. The topological polar surface area (TPSA) is 88.6 Å². The van der Waals surface area contributed by atoms with Crippen LogP contribution in [0.4, 0.5) is 4.39 Å². The summed E-state index contributed by atoms with van der Waals surface area (Å²) in [6.07, 6.45) is 4.70. The van der Waals surface area contributed by atoms with Gasteiger partial charge in [0.2, 0.25) is 15.9 Å². The van der Waals surface area contributed by atoms with Gasteiger partial charge in [-0.15, -0.1) is 0 Å². The van der Waals surface area contributed by atoms with E-state index in [2.05, 4.69) is 6.58 Å². The first-order chi connectivity index (χ1) is 15.8. The molecular formula is C25H33FN4O3S. The van der Waals surface area contributed by atoms with E-state index in [9.17, 15) is 17.6 Å². The molecule has 0 radical (unpaired) electrons. The van der Waals surface area contributed by atoms with E-state index in [-0.39, 0.29) is 23.9 Å². The fraction of sp³-hybridized carbons (Fsp3) is 0.320. The first kappa shape index (κ1) is 27.2. The molecule has 2 aromatic rings. The maximum absolute atomic E-state index is 14.5. The fourth-order valence-corrected chi connectivity index (χ4v) is 4.54. The first-order valence-corrected chi connectivity index (χ1v) is 12.1. The Bertz CT molecular complexity index is 1350. The third kappa shape index (κ3) is 5.72. The summed E-state index contributed by atoms with van der Waals surface area (Å²) in [5, 5.41) is 1.21. The van der Waals surface area contributed by atoms with Gasteiger partial charge >= 0.3 is 0 Å². The number of nitrogens with two attached hydrogens (primary N) is 1. The van der Waals surface area contributed by atoms with Crippen molar-refractivity contribution >= 4 is 28.6 Å². The second kappa shape index (κ2) is 10.9. The predicted octanol–water partition coefficient (Wildman–Crippen LogP) is 1.75. The van der Waals surface area contributed by atoms with Crippen molar-refractivity contribution in [2.75, 3.05) is 34.7 Å². The Morgan fingerprint density at radius 2 is 1.88 bits per heavy atom. The number of carbonyl (C=O) groups is 1. The molecular weight excluding hydrogens is 455 g/mol. The summed E-state index contributed by atoms with van der Waals surface area (Å²) in [6, 6.07) is 6.58. The van der Waals surface area contributed by atoms with Gasteiger partial charge in [-0.25, -0.2) is 17.1 Å². The van der Waals surface area contributed by atoms with Gasteiger partial charge in [-0.1, -0.05) is 24.8 Å². The third-order valence-electron chi connectivity index (χ3n) is 5.45. The lowest BCUT2D eigenvalue weighted by Crippen LogP contribution is -2.29. The van der Waals surface area contributed by atoms with Gasteiger partial charge in [-0.05, 0) is 43.7 Å². The van der Waals surface area contributed by atoms with Gasteiger partial charge in [0.15, 0.2) is 0 Å². The normalized spacial score (nSPS) is 13.6. The highest BCUT2D eigenvalue weighted by Crippen LogP contribution is 2.24. The summed E-state index contributed by atoms with van der Waals surface area (Å²) in [4.78, 5) is 13.9. The van der Waals surface area contributed by atoms with E-state index in [1.165, 1.54) is 31.1 Å². The number of rotatable bonds is 8. The van der Waals surface area contributed by atoms with Crippen LogP contribution in [0.2, 0.25) is 0 Å². The quantitative estimate of drug-likeness (QED) is 0.574.